The van der Waals surface area contributed by atoms with Gasteiger partial charge in [-0.15, -0.1) is 0 Å². The Morgan fingerprint density at radius 3 is 2.74 bits per heavy atom. The Labute approximate surface area is 131 Å². The highest BCUT2D eigenvalue weighted by atomic mass is 16.2. The Morgan fingerprint density at radius 2 is 1.96 bits per heavy atom. The number of benzene rings is 1. The molecule has 3 aromatic rings. The lowest BCUT2D eigenvalue weighted by atomic mass is 10.1. The number of nitrogens with one attached hydrogen (secondary N) is 2. The minimum absolute atomic E-state index is 0.132. The summed E-state index contributed by atoms with van der Waals surface area (Å²) in [6.07, 6.45) is 1.58. The van der Waals surface area contributed by atoms with Crippen LogP contribution < -0.4 is 16.4 Å². The van der Waals surface area contributed by atoms with Crippen molar-refractivity contribution in [3.05, 3.63) is 74.9 Å². The number of aromatic amines is 1. The summed E-state index contributed by atoms with van der Waals surface area (Å²) in [4.78, 5) is 38.5. The second-order valence-electron chi connectivity index (χ2n) is 5.09. The fraction of sp³-hybridized carbons (Fsp3) is 0.118. The Balaban J connectivity index is 2.01. The van der Waals surface area contributed by atoms with Gasteiger partial charge in [-0.2, -0.15) is 0 Å². The number of carbonyl (C=O) groups excluding carboxylic acids is 1. The van der Waals surface area contributed by atoms with Gasteiger partial charge in [-0.25, -0.2) is 0 Å². The lowest BCUT2D eigenvalue weighted by Crippen LogP contribution is -2.21. The summed E-state index contributed by atoms with van der Waals surface area (Å²) in [5.41, 5.74) is 0.919. The van der Waals surface area contributed by atoms with Crippen LogP contribution in [0.1, 0.15) is 17.3 Å². The van der Waals surface area contributed by atoms with E-state index in [4.69, 9.17) is 0 Å². The third kappa shape index (κ3) is 2.91. The molecule has 116 valence electrons. The Kier molecular flexibility index (Phi) is 3.80. The van der Waals surface area contributed by atoms with Crippen molar-refractivity contribution in [3.63, 3.8) is 0 Å². The summed E-state index contributed by atoms with van der Waals surface area (Å²) >= 11 is 0. The molecule has 0 unspecified atom stereocenters. The van der Waals surface area contributed by atoms with Gasteiger partial charge >= 0.3 is 0 Å². The van der Waals surface area contributed by atoms with Crippen LogP contribution >= 0.6 is 0 Å². The summed E-state index contributed by atoms with van der Waals surface area (Å²) in [5.74, 6) is -0.395. The molecule has 0 aliphatic heterocycles. The zero-order chi connectivity index (χ0) is 16.4. The average Bonchev–Trinajstić information content (AvgIpc) is 2.55. The average molecular weight is 309 g/mol. The summed E-state index contributed by atoms with van der Waals surface area (Å²) in [5, 5.41) is 3.39. The molecule has 2 aromatic heterocycles. The minimum atomic E-state index is -0.395. The number of fused-ring (bicyclic) bond motifs is 1. The first-order valence-corrected chi connectivity index (χ1v) is 7.22. The fourth-order valence-corrected chi connectivity index (χ4v) is 2.44. The van der Waals surface area contributed by atoms with Crippen molar-refractivity contribution in [1.82, 2.24) is 9.55 Å². The molecule has 0 aliphatic carbocycles. The lowest BCUT2D eigenvalue weighted by Gasteiger charge is -2.09. The number of nitrogens with zero attached hydrogens (tertiary/aromatic N) is 1. The third-order valence-corrected chi connectivity index (χ3v) is 3.58. The van der Waals surface area contributed by atoms with Crippen molar-refractivity contribution < 1.29 is 4.79 Å². The molecular formula is C17H15N3O3. The van der Waals surface area contributed by atoms with E-state index >= 15 is 0 Å². The summed E-state index contributed by atoms with van der Waals surface area (Å²) in [6.45, 7) is 2.35. The van der Waals surface area contributed by atoms with E-state index in [0.29, 0.717) is 28.7 Å². The van der Waals surface area contributed by atoms with E-state index in [9.17, 15) is 14.4 Å². The second-order valence-corrected chi connectivity index (χ2v) is 5.09. The third-order valence-electron chi connectivity index (χ3n) is 3.58. The zero-order valence-corrected chi connectivity index (χ0v) is 12.5. The van der Waals surface area contributed by atoms with Crippen molar-refractivity contribution in [2.75, 3.05) is 5.32 Å². The molecule has 1 amide bonds. The van der Waals surface area contributed by atoms with Gasteiger partial charge in [-0.05, 0) is 19.1 Å². The van der Waals surface area contributed by atoms with Crippen LogP contribution in [0.4, 0.5) is 5.69 Å². The van der Waals surface area contributed by atoms with Gasteiger partial charge in [0.25, 0.3) is 11.5 Å². The molecule has 3 rings (SSSR count). The Hall–Kier alpha value is -3.15. The van der Waals surface area contributed by atoms with E-state index in [1.165, 1.54) is 16.7 Å². The van der Waals surface area contributed by atoms with Gasteiger partial charge in [0.15, 0.2) is 0 Å². The van der Waals surface area contributed by atoms with E-state index < -0.39 is 5.91 Å². The summed E-state index contributed by atoms with van der Waals surface area (Å²) < 4.78 is 1.49. The van der Waals surface area contributed by atoms with Crippen molar-refractivity contribution in [1.29, 1.82) is 0 Å². The number of hydrogen-bond acceptors (Lipinski definition) is 3. The van der Waals surface area contributed by atoms with Gasteiger partial charge in [0.1, 0.15) is 0 Å². The van der Waals surface area contributed by atoms with Crippen LogP contribution in [-0.4, -0.2) is 15.5 Å². The largest absolute Gasteiger partial charge is 0.322 e. The molecule has 2 N–H and O–H groups in total. The quantitative estimate of drug-likeness (QED) is 0.775. The molecule has 23 heavy (non-hydrogen) atoms. The van der Waals surface area contributed by atoms with Crippen molar-refractivity contribution in [2.24, 2.45) is 0 Å². The molecule has 2 heterocycles. The van der Waals surface area contributed by atoms with Gasteiger partial charge in [0.2, 0.25) is 5.56 Å². The molecule has 6 heteroatoms. The van der Waals surface area contributed by atoms with E-state index in [1.807, 2.05) is 6.92 Å². The molecule has 0 radical (unpaired) electrons. The first-order valence-electron chi connectivity index (χ1n) is 7.22. The van der Waals surface area contributed by atoms with Crippen LogP contribution in [0.5, 0.6) is 0 Å². The normalized spacial score (nSPS) is 10.7. The van der Waals surface area contributed by atoms with Crippen LogP contribution in [0.2, 0.25) is 0 Å². The molecule has 0 bridgehead atoms. The Bertz CT molecular complexity index is 1000. The van der Waals surface area contributed by atoms with Gasteiger partial charge in [-0.3, -0.25) is 14.4 Å². The standard InChI is InChI=1S/C17H15N3O3/c1-2-20-10-11(7-8-16(20)22)18-17(23)13-9-15(21)19-14-6-4-3-5-12(13)14/h3-10H,2H2,1H3,(H,18,23)(H,19,21). The highest BCUT2D eigenvalue weighted by Crippen LogP contribution is 2.16. The topological polar surface area (TPSA) is 84.0 Å². The number of rotatable bonds is 3. The van der Waals surface area contributed by atoms with Gasteiger partial charge in [0.05, 0.1) is 11.3 Å². The van der Waals surface area contributed by atoms with Crippen molar-refractivity contribution in [3.8, 4) is 0 Å². The number of pyridine rings is 2. The van der Waals surface area contributed by atoms with E-state index in [1.54, 1.807) is 36.5 Å². The fourth-order valence-electron chi connectivity index (χ4n) is 2.44. The van der Waals surface area contributed by atoms with Crippen LogP contribution in [0.15, 0.2) is 58.3 Å². The smallest absolute Gasteiger partial charge is 0.256 e. The molecule has 1 aromatic carbocycles. The maximum atomic E-state index is 12.5. The number of carbonyl (C=O) groups is 1. The van der Waals surface area contributed by atoms with E-state index in [0.717, 1.165) is 0 Å². The maximum Gasteiger partial charge on any atom is 0.256 e. The number of H-pyrrole nitrogens is 1. The molecule has 0 atom stereocenters. The zero-order valence-electron chi connectivity index (χ0n) is 12.5. The Morgan fingerprint density at radius 1 is 1.17 bits per heavy atom. The SMILES string of the molecule is CCn1cc(NC(=O)c2cc(=O)[nH]c3ccccc23)ccc1=O. The number of anilines is 1. The van der Waals surface area contributed by atoms with Gasteiger partial charge < -0.3 is 14.9 Å². The van der Waals surface area contributed by atoms with Crippen LogP contribution in [-0.2, 0) is 6.54 Å². The van der Waals surface area contributed by atoms with Crippen LogP contribution in [0.3, 0.4) is 0 Å². The van der Waals surface area contributed by atoms with Crippen LogP contribution in [0.25, 0.3) is 10.9 Å². The molecule has 0 saturated heterocycles. The summed E-state index contributed by atoms with van der Waals surface area (Å²) in [7, 11) is 0. The van der Waals surface area contributed by atoms with E-state index in [-0.39, 0.29) is 11.1 Å². The highest BCUT2D eigenvalue weighted by molar-refractivity contribution is 6.12. The minimum Gasteiger partial charge on any atom is -0.322 e. The first kappa shape index (κ1) is 14.8. The number of para-hydroxylation sites is 1. The van der Waals surface area contributed by atoms with E-state index in [2.05, 4.69) is 10.3 Å². The second kappa shape index (κ2) is 5.92. The number of aryl methyl sites for hydroxylation is 1. The first-order chi connectivity index (χ1) is 11.1. The predicted molar refractivity (Wildman–Crippen MR) is 88.9 cm³/mol. The summed E-state index contributed by atoms with van der Waals surface area (Å²) in [6, 6.07) is 11.3. The maximum absolute atomic E-state index is 12.5. The molecule has 6 nitrogen and oxygen atoms in total. The lowest BCUT2D eigenvalue weighted by molar-refractivity contribution is 0.102. The number of hydrogen-bond donors (Lipinski definition) is 2. The molecule has 0 fully saturated rings. The highest BCUT2D eigenvalue weighted by Gasteiger charge is 2.12. The van der Waals surface area contributed by atoms with Gasteiger partial charge in [-0.1, -0.05) is 18.2 Å². The molecule has 0 spiro atoms. The van der Waals surface area contributed by atoms with Crippen LogP contribution in [0, 0.1) is 0 Å². The van der Waals surface area contributed by atoms with Gasteiger partial charge in [0, 0.05) is 35.8 Å². The van der Waals surface area contributed by atoms with Crippen molar-refractivity contribution in [2.45, 2.75) is 13.5 Å². The number of amides is 1. The van der Waals surface area contributed by atoms with Crippen molar-refractivity contribution >= 4 is 22.5 Å². The number of aromatic nitrogens is 2. The molecule has 0 aliphatic rings. The predicted octanol–water partition coefficient (Wildman–Crippen LogP) is 1.96. The molecular weight excluding hydrogens is 294 g/mol. The monoisotopic (exact) mass is 309 g/mol. The molecule has 0 saturated carbocycles.